The van der Waals surface area contributed by atoms with Gasteiger partial charge in [0.15, 0.2) is 0 Å². The summed E-state index contributed by atoms with van der Waals surface area (Å²) in [5.41, 5.74) is 1.97. The molecule has 0 aliphatic rings. The Morgan fingerprint density at radius 1 is 1.04 bits per heavy atom. The summed E-state index contributed by atoms with van der Waals surface area (Å²) in [6.07, 6.45) is 0.806. The molecule has 6 heteroatoms. The van der Waals surface area contributed by atoms with Crippen LogP contribution in [-0.4, -0.2) is 25.9 Å². The highest BCUT2D eigenvalue weighted by Crippen LogP contribution is 2.32. The van der Waals surface area contributed by atoms with Gasteiger partial charge >= 0.3 is 0 Å². The Balaban J connectivity index is 0.00000264. The Bertz CT molecular complexity index is 637. The van der Waals surface area contributed by atoms with Crippen molar-refractivity contribution in [3.05, 3.63) is 52.0 Å². The van der Waals surface area contributed by atoms with E-state index in [4.69, 9.17) is 9.47 Å². The molecule has 0 heterocycles. The van der Waals surface area contributed by atoms with Crippen molar-refractivity contribution in [3.8, 4) is 17.2 Å². The van der Waals surface area contributed by atoms with Crippen molar-refractivity contribution >= 4 is 28.3 Å². The SMILES string of the molecule is COc1cc(CCNCc2ccccc2O)c(OC)cc1Br.Cl. The maximum atomic E-state index is 9.73. The molecule has 0 bridgehead atoms. The Labute approximate surface area is 151 Å². The van der Waals surface area contributed by atoms with Crippen LogP contribution in [0.3, 0.4) is 0 Å². The molecule has 2 aromatic rings. The maximum absolute atomic E-state index is 9.73. The first kappa shape index (κ1) is 19.6. The minimum atomic E-state index is 0. The number of phenols is 1. The lowest BCUT2D eigenvalue weighted by Crippen LogP contribution is -2.17. The summed E-state index contributed by atoms with van der Waals surface area (Å²) in [6.45, 7) is 1.40. The number of phenolic OH excluding ortho intramolecular Hbond substituents is 1. The summed E-state index contributed by atoms with van der Waals surface area (Å²) in [7, 11) is 3.31. The van der Waals surface area contributed by atoms with E-state index >= 15 is 0 Å². The molecule has 126 valence electrons. The lowest BCUT2D eigenvalue weighted by Gasteiger charge is -2.13. The minimum Gasteiger partial charge on any atom is -0.508 e. The molecule has 23 heavy (non-hydrogen) atoms. The van der Waals surface area contributed by atoms with E-state index in [-0.39, 0.29) is 12.4 Å². The molecule has 0 saturated heterocycles. The van der Waals surface area contributed by atoms with Crippen molar-refractivity contribution < 1.29 is 14.6 Å². The second kappa shape index (κ2) is 9.65. The van der Waals surface area contributed by atoms with Gasteiger partial charge in [0.2, 0.25) is 0 Å². The topological polar surface area (TPSA) is 50.7 Å². The van der Waals surface area contributed by atoms with Crippen molar-refractivity contribution in [1.82, 2.24) is 5.32 Å². The quantitative estimate of drug-likeness (QED) is 0.689. The van der Waals surface area contributed by atoms with Crippen molar-refractivity contribution in [3.63, 3.8) is 0 Å². The summed E-state index contributed by atoms with van der Waals surface area (Å²) in [6, 6.07) is 11.2. The number of methoxy groups -OCH3 is 2. The molecule has 0 aromatic heterocycles. The number of hydrogen-bond acceptors (Lipinski definition) is 4. The van der Waals surface area contributed by atoms with E-state index in [0.29, 0.717) is 12.3 Å². The molecule has 0 unspecified atom stereocenters. The van der Waals surface area contributed by atoms with Crippen molar-refractivity contribution in [2.75, 3.05) is 20.8 Å². The summed E-state index contributed by atoms with van der Waals surface area (Å²) in [5.74, 6) is 1.94. The average Bonchev–Trinajstić information content (AvgIpc) is 2.53. The van der Waals surface area contributed by atoms with E-state index in [1.165, 1.54) is 0 Å². The molecule has 4 nitrogen and oxygen atoms in total. The summed E-state index contributed by atoms with van der Waals surface area (Å²) < 4.78 is 11.6. The standard InChI is InChI=1S/C17H20BrNO3.ClH/c1-21-16-10-14(18)17(22-2)9-12(16)7-8-19-11-13-5-3-4-6-15(13)20;/h3-6,9-10,19-20H,7-8,11H2,1-2H3;1H. The largest absolute Gasteiger partial charge is 0.508 e. The monoisotopic (exact) mass is 401 g/mol. The number of nitrogens with one attached hydrogen (secondary N) is 1. The third-order valence-electron chi connectivity index (χ3n) is 3.43. The Morgan fingerprint density at radius 3 is 2.39 bits per heavy atom. The molecule has 0 spiro atoms. The van der Waals surface area contributed by atoms with Crippen LogP contribution in [0.25, 0.3) is 0 Å². The van der Waals surface area contributed by atoms with Gasteiger partial charge in [-0.25, -0.2) is 0 Å². The molecule has 2 rings (SSSR count). The zero-order valence-corrected chi connectivity index (χ0v) is 15.5. The van der Waals surface area contributed by atoms with Crippen LogP contribution >= 0.6 is 28.3 Å². The Hall–Kier alpha value is -1.43. The zero-order chi connectivity index (χ0) is 15.9. The first-order chi connectivity index (χ1) is 10.7. The van der Waals surface area contributed by atoms with Crippen LogP contribution in [0, 0.1) is 0 Å². The lowest BCUT2D eigenvalue weighted by atomic mass is 10.1. The fraction of sp³-hybridized carbons (Fsp3) is 0.294. The molecule has 0 amide bonds. The number of hydrogen-bond donors (Lipinski definition) is 2. The predicted molar refractivity (Wildman–Crippen MR) is 98.0 cm³/mol. The summed E-state index contributed by atoms with van der Waals surface area (Å²) >= 11 is 3.45. The van der Waals surface area contributed by atoms with Gasteiger partial charge in [0, 0.05) is 12.1 Å². The highest BCUT2D eigenvalue weighted by atomic mass is 79.9. The Kier molecular flexibility index (Phi) is 8.23. The van der Waals surface area contributed by atoms with E-state index in [1.807, 2.05) is 30.3 Å². The number of para-hydroxylation sites is 1. The fourth-order valence-electron chi connectivity index (χ4n) is 2.23. The number of halogens is 2. The van der Waals surface area contributed by atoms with Gasteiger partial charge in [-0.2, -0.15) is 0 Å². The number of aromatic hydroxyl groups is 1. The smallest absolute Gasteiger partial charge is 0.133 e. The van der Waals surface area contributed by atoms with E-state index in [0.717, 1.165) is 40.1 Å². The first-order valence-electron chi connectivity index (χ1n) is 7.03. The van der Waals surface area contributed by atoms with Crippen molar-refractivity contribution in [1.29, 1.82) is 0 Å². The minimum absolute atomic E-state index is 0. The molecular weight excluding hydrogens is 382 g/mol. The van der Waals surface area contributed by atoms with Gasteiger partial charge < -0.3 is 19.9 Å². The van der Waals surface area contributed by atoms with Crippen LogP contribution in [0.1, 0.15) is 11.1 Å². The number of benzene rings is 2. The molecule has 2 N–H and O–H groups in total. The van der Waals surface area contributed by atoms with Gasteiger partial charge in [0.1, 0.15) is 17.2 Å². The van der Waals surface area contributed by atoms with Crippen LogP contribution in [0.15, 0.2) is 40.9 Å². The van der Waals surface area contributed by atoms with Crippen LogP contribution in [-0.2, 0) is 13.0 Å². The molecular formula is C17H21BrClNO3. The molecule has 0 fully saturated rings. The molecule has 0 aliphatic carbocycles. The summed E-state index contributed by atoms with van der Waals surface area (Å²) in [4.78, 5) is 0. The summed E-state index contributed by atoms with van der Waals surface area (Å²) in [5, 5.41) is 13.1. The van der Waals surface area contributed by atoms with Crippen LogP contribution < -0.4 is 14.8 Å². The number of rotatable bonds is 7. The maximum Gasteiger partial charge on any atom is 0.133 e. The van der Waals surface area contributed by atoms with Crippen molar-refractivity contribution in [2.24, 2.45) is 0 Å². The van der Waals surface area contributed by atoms with Gasteiger partial charge in [-0.1, -0.05) is 18.2 Å². The lowest BCUT2D eigenvalue weighted by molar-refractivity contribution is 0.396. The second-order valence-electron chi connectivity index (χ2n) is 4.85. The third-order valence-corrected chi connectivity index (χ3v) is 4.05. The second-order valence-corrected chi connectivity index (χ2v) is 5.71. The fourth-order valence-corrected chi connectivity index (χ4v) is 2.71. The van der Waals surface area contributed by atoms with E-state index < -0.39 is 0 Å². The molecule has 0 saturated carbocycles. The van der Waals surface area contributed by atoms with E-state index in [1.54, 1.807) is 20.3 Å². The Morgan fingerprint density at radius 2 is 1.74 bits per heavy atom. The molecule has 0 radical (unpaired) electrons. The zero-order valence-electron chi connectivity index (χ0n) is 13.1. The highest BCUT2D eigenvalue weighted by molar-refractivity contribution is 9.10. The molecule has 0 atom stereocenters. The number of ether oxygens (including phenoxy) is 2. The predicted octanol–water partition coefficient (Wildman–Crippen LogP) is 3.93. The van der Waals surface area contributed by atoms with Crippen LogP contribution in [0.2, 0.25) is 0 Å². The van der Waals surface area contributed by atoms with Crippen molar-refractivity contribution in [2.45, 2.75) is 13.0 Å². The van der Waals surface area contributed by atoms with E-state index in [2.05, 4.69) is 21.2 Å². The van der Waals surface area contributed by atoms with Gasteiger partial charge in [-0.15, -0.1) is 12.4 Å². The highest BCUT2D eigenvalue weighted by Gasteiger charge is 2.09. The van der Waals surface area contributed by atoms with Crippen LogP contribution in [0.5, 0.6) is 17.2 Å². The molecule has 0 aliphatic heterocycles. The van der Waals surface area contributed by atoms with E-state index in [9.17, 15) is 5.11 Å². The van der Waals surface area contributed by atoms with Gasteiger partial charge in [0.05, 0.1) is 18.7 Å². The van der Waals surface area contributed by atoms with Crippen LogP contribution in [0.4, 0.5) is 0 Å². The van der Waals surface area contributed by atoms with Gasteiger partial charge in [-0.05, 0) is 52.7 Å². The molecule has 2 aromatic carbocycles. The third kappa shape index (κ3) is 5.30. The average molecular weight is 403 g/mol. The van der Waals surface area contributed by atoms with Gasteiger partial charge in [-0.3, -0.25) is 0 Å². The first-order valence-corrected chi connectivity index (χ1v) is 7.83. The normalized spacial score (nSPS) is 10.0. The van der Waals surface area contributed by atoms with Gasteiger partial charge in [0.25, 0.3) is 0 Å².